The molecule has 5 nitrogen and oxygen atoms in total. The molecule has 1 saturated carbocycles. The van der Waals surface area contributed by atoms with Crippen molar-refractivity contribution in [3.63, 3.8) is 0 Å². The summed E-state index contributed by atoms with van der Waals surface area (Å²) in [5.41, 5.74) is 2.58. The van der Waals surface area contributed by atoms with E-state index < -0.39 is 5.66 Å². The second kappa shape index (κ2) is 10.9. The van der Waals surface area contributed by atoms with Crippen LogP contribution < -0.4 is 5.32 Å². The summed E-state index contributed by atoms with van der Waals surface area (Å²) < 4.78 is 13.6. The van der Waals surface area contributed by atoms with Crippen molar-refractivity contribution in [1.82, 2.24) is 10.2 Å². The predicted molar refractivity (Wildman–Crippen MR) is 138 cm³/mol. The van der Waals surface area contributed by atoms with Crippen molar-refractivity contribution in [1.29, 1.82) is 0 Å². The van der Waals surface area contributed by atoms with Crippen molar-refractivity contribution in [2.45, 2.75) is 90.3 Å². The van der Waals surface area contributed by atoms with Crippen LogP contribution in [-0.2, 0) is 9.59 Å². The van der Waals surface area contributed by atoms with Gasteiger partial charge in [0.25, 0.3) is 5.91 Å². The minimum Gasteiger partial charge on any atom is -0.352 e. The van der Waals surface area contributed by atoms with E-state index in [0.29, 0.717) is 30.2 Å². The number of hydrogen-bond acceptors (Lipinski definition) is 3. The Bertz CT molecular complexity index is 1030. The van der Waals surface area contributed by atoms with E-state index in [-0.39, 0.29) is 23.7 Å². The molecule has 1 spiro atoms. The third-order valence-electron chi connectivity index (χ3n) is 7.69. The standard InChI is InChI=1S/C29H38FN3O2/c1-4-6-25(21-7-9-23(10-8-21)27(34)31-19-5-2)33-28(35)26(22-11-13-24(30)14-12-22)32-29(33)17-15-20(3)16-18-29/h7,9,11-14,20,25H,4-6,8,10,15-19H2,1-3H3,(H,31,34). The van der Waals surface area contributed by atoms with Crippen molar-refractivity contribution in [3.8, 4) is 0 Å². The average Bonchev–Trinajstić information content (AvgIpc) is 3.15. The fourth-order valence-electron chi connectivity index (χ4n) is 5.64. The molecule has 1 atom stereocenters. The number of carbonyl (C=O) groups excluding carboxylic acids is 2. The number of rotatable bonds is 8. The van der Waals surface area contributed by atoms with Crippen LogP contribution in [0.3, 0.4) is 0 Å². The van der Waals surface area contributed by atoms with Crippen LogP contribution in [0.4, 0.5) is 4.39 Å². The monoisotopic (exact) mass is 479 g/mol. The molecular weight excluding hydrogens is 441 g/mol. The summed E-state index contributed by atoms with van der Waals surface area (Å²) >= 11 is 0. The van der Waals surface area contributed by atoms with Gasteiger partial charge in [0.05, 0.1) is 6.04 Å². The third-order valence-corrected chi connectivity index (χ3v) is 7.69. The molecule has 0 radical (unpaired) electrons. The van der Waals surface area contributed by atoms with Crippen LogP contribution in [0.2, 0.25) is 0 Å². The van der Waals surface area contributed by atoms with Crippen molar-refractivity contribution >= 4 is 17.5 Å². The van der Waals surface area contributed by atoms with Crippen molar-refractivity contribution in [3.05, 3.63) is 58.9 Å². The Morgan fingerprint density at radius 1 is 1.14 bits per heavy atom. The van der Waals surface area contributed by atoms with Gasteiger partial charge in [-0.1, -0.05) is 39.3 Å². The second-order valence-corrected chi connectivity index (χ2v) is 10.3. The van der Waals surface area contributed by atoms with E-state index in [1.54, 1.807) is 12.1 Å². The largest absolute Gasteiger partial charge is 0.352 e. The first-order valence-corrected chi connectivity index (χ1v) is 13.3. The zero-order valence-corrected chi connectivity index (χ0v) is 21.3. The van der Waals surface area contributed by atoms with Gasteiger partial charge in [0.2, 0.25) is 5.91 Å². The van der Waals surface area contributed by atoms with E-state index in [4.69, 9.17) is 4.99 Å². The summed E-state index contributed by atoms with van der Waals surface area (Å²) in [5.74, 6) is 0.250. The summed E-state index contributed by atoms with van der Waals surface area (Å²) in [5, 5.41) is 2.97. The van der Waals surface area contributed by atoms with Crippen LogP contribution >= 0.6 is 0 Å². The van der Waals surface area contributed by atoms with E-state index in [9.17, 15) is 14.0 Å². The summed E-state index contributed by atoms with van der Waals surface area (Å²) in [6.45, 7) is 7.13. The molecule has 1 unspecified atom stereocenters. The molecule has 6 heteroatoms. The second-order valence-electron chi connectivity index (χ2n) is 10.3. The maximum absolute atomic E-state index is 14.0. The van der Waals surface area contributed by atoms with E-state index in [2.05, 4.69) is 30.1 Å². The Kier molecular flexibility index (Phi) is 7.88. The van der Waals surface area contributed by atoms with E-state index >= 15 is 0 Å². The number of carbonyl (C=O) groups is 2. The molecule has 1 aliphatic heterocycles. The lowest BCUT2D eigenvalue weighted by atomic mass is 9.80. The van der Waals surface area contributed by atoms with Gasteiger partial charge in [-0.05, 0) is 87.1 Å². The molecule has 1 fully saturated rings. The van der Waals surface area contributed by atoms with Gasteiger partial charge in [0.15, 0.2) is 0 Å². The fourth-order valence-corrected chi connectivity index (χ4v) is 5.64. The van der Waals surface area contributed by atoms with Crippen molar-refractivity contribution in [2.75, 3.05) is 6.54 Å². The smallest absolute Gasteiger partial charge is 0.275 e. The Hall–Kier alpha value is -2.76. The van der Waals surface area contributed by atoms with Gasteiger partial charge in [0.1, 0.15) is 17.2 Å². The van der Waals surface area contributed by atoms with Crippen LogP contribution in [0, 0.1) is 11.7 Å². The predicted octanol–water partition coefficient (Wildman–Crippen LogP) is 5.70. The van der Waals surface area contributed by atoms with Crippen LogP contribution in [0.1, 0.15) is 84.1 Å². The number of amides is 2. The summed E-state index contributed by atoms with van der Waals surface area (Å²) in [6.07, 6.45) is 11.9. The van der Waals surface area contributed by atoms with Gasteiger partial charge >= 0.3 is 0 Å². The molecule has 3 aliphatic rings. The van der Waals surface area contributed by atoms with Gasteiger partial charge < -0.3 is 10.2 Å². The molecule has 0 saturated heterocycles. The SMILES string of the molecule is CCCNC(=O)C1=CC=C(C(CCC)N2C(=O)C(c3ccc(F)cc3)=NC23CCC(C)CC3)CC1. The Balaban J connectivity index is 1.68. The molecule has 1 N–H and O–H groups in total. The summed E-state index contributed by atoms with van der Waals surface area (Å²) in [7, 11) is 0. The number of allylic oxidation sites excluding steroid dienone is 2. The minimum atomic E-state index is -0.545. The van der Waals surface area contributed by atoms with Gasteiger partial charge in [-0.3, -0.25) is 14.6 Å². The third kappa shape index (κ3) is 5.26. The molecular formula is C29H38FN3O2. The van der Waals surface area contributed by atoms with Gasteiger partial charge in [-0.25, -0.2) is 4.39 Å². The number of halogens is 1. The van der Waals surface area contributed by atoms with Crippen LogP contribution in [0.25, 0.3) is 0 Å². The number of aliphatic imine (C=N–C) groups is 1. The number of nitrogens with zero attached hydrogens (tertiary/aromatic N) is 2. The molecule has 188 valence electrons. The summed E-state index contributed by atoms with van der Waals surface area (Å²) in [6, 6.07) is 6.05. The highest BCUT2D eigenvalue weighted by Crippen LogP contribution is 2.45. The molecule has 0 aromatic heterocycles. The van der Waals surface area contributed by atoms with E-state index in [1.807, 2.05) is 13.0 Å². The number of nitrogens with one attached hydrogen (secondary N) is 1. The van der Waals surface area contributed by atoms with Gasteiger partial charge in [0, 0.05) is 17.7 Å². The molecule has 4 rings (SSSR count). The zero-order chi connectivity index (χ0) is 25.0. The summed E-state index contributed by atoms with van der Waals surface area (Å²) in [4.78, 5) is 33.6. The Labute approximate surface area is 208 Å². The van der Waals surface area contributed by atoms with Gasteiger partial charge in [-0.2, -0.15) is 0 Å². The zero-order valence-electron chi connectivity index (χ0n) is 21.3. The quantitative estimate of drug-likeness (QED) is 0.519. The van der Waals surface area contributed by atoms with Gasteiger partial charge in [-0.15, -0.1) is 0 Å². The highest BCUT2D eigenvalue weighted by atomic mass is 19.1. The molecule has 0 bridgehead atoms. The molecule has 1 aromatic carbocycles. The van der Waals surface area contributed by atoms with Crippen LogP contribution in [0.15, 0.2) is 52.6 Å². The first-order chi connectivity index (χ1) is 16.9. The fraction of sp³-hybridized carbons (Fsp3) is 0.552. The van der Waals surface area contributed by atoms with Crippen LogP contribution in [-0.4, -0.2) is 40.7 Å². The normalized spacial score (nSPS) is 25.3. The van der Waals surface area contributed by atoms with E-state index in [0.717, 1.165) is 56.9 Å². The Morgan fingerprint density at radius 3 is 2.46 bits per heavy atom. The minimum absolute atomic E-state index is 0.00566. The number of hydrogen-bond donors (Lipinski definition) is 1. The van der Waals surface area contributed by atoms with Crippen LogP contribution in [0.5, 0.6) is 0 Å². The van der Waals surface area contributed by atoms with E-state index in [1.165, 1.54) is 17.7 Å². The molecule has 2 amide bonds. The lowest BCUT2D eigenvalue weighted by Crippen LogP contribution is -2.54. The first kappa shape index (κ1) is 25.3. The highest BCUT2D eigenvalue weighted by Gasteiger charge is 2.51. The lowest BCUT2D eigenvalue weighted by molar-refractivity contribution is -0.132. The average molecular weight is 480 g/mol. The molecule has 1 aromatic rings. The molecule has 2 aliphatic carbocycles. The maximum Gasteiger partial charge on any atom is 0.275 e. The van der Waals surface area contributed by atoms with Crippen molar-refractivity contribution in [2.24, 2.45) is 10.9 Å². The first-order valence-electron chi connectivity index (χ1n) is 13.3. The molecule has 35 heavy (non-hydrogen) atoms. The topological polar surface area (TPSA) is 61.8 Å². The van der Waals surface area contributed by atoms with Crippen molar-refractivity contribution < 1.29 is 14.0 Å². The molecule has 1 heterocycles. The maximum atomic E-state index is 14.0. The number of benzene rings is 1. The Morgan fingerprint density at radius 2 is 1.86 bits per heavy atom. The lowest BCUT2D eigenvalue weighted by Gasteiger charge is -2.46. The highest BCUT2D eigenvalue weighted by molar-refractivity contribution is 6.46.